The summed E-state index contributed by atoms with van der Waals surface area (Å²) in [5.74, 6) is 0.451. The van der Waals surface area contributed by atoms with Crippen molar-refractivity contribution in [2.75, 3.05) is 5.32 Å². The summed E-state index contributed by atoms with van der Waals surface area (Å²) >= 11 is 0. The molecule has 5 heteroatoms. The van der Waals surface area contributed by atoms with Crippen LogP contribution < -0.4 is 16.2 Å². The Kier molecular flexibility index (Phi) is 6.39. The van der Waals surface area contributed by atoms with E-state index in [4.69, 9.17) is 0 Å². The summed E-state index contributed by atoms with van der Waals surface area (Å²) in [6.45, 7) is 8.79. The fourth-order valence-electron chi connectivity index (χ4n) is 2.89. The van der Waals surface area contributed by atoms with Gasteiger partial charge in [-0.1, -0.05) is 38.1 Å². The van der Waals surface area contributed by atoms with Gasteiger partial charge in [-0.05, 0) is 43.4 Å². The highest BCUT2D eigenvalue weighted by Gasteiger charge is 2.18. The third kappa shape index (κ3) is 5.21. The molecule has 0 aliphatic rings. The number of carbonyl (C=O) groups is 1. The Labute approximate surface area is 149 Å². The number of urea groups is 1. The number of anilines is 1. The van der Waals surface area contributed by atoms with Crippen LogP contribution in [0.1, 0.15) is 44.4 Å². The molecule has 1 atom stereocenters. The van der Waals surface area contributed by atoms with E-state index in [9.17, 15) is 9.59 Å². The summed E-state index contributed by atoms with van der Waals surface area (Å²) in [5, 5.41) is 5.90. The molecule has 2 aromatic rings. The van der Waals surface area contributed by atoms with E-state index in [2.05, 4.69) is 43.5 Å². The molecule has 0 aliphatic heterocycles. The maximum absolute atomic E-state index is 12.5. The summed E-state index contributed by atoms with van der Waals surface area (Å²) in [5.41, 5.74) is 2.82. The molecule has 1 unspecified atom stereocenters. The highest BCUT2D eigenvalue weighted by atomic mass is 16.2. The van der Waals surface area contributed by atoms with Crippen molar-refractivity contribution in [3.05, 3.63) is 64.1 Å². The van der Waals surface area contributed by atoms with Crippen LogP contribution in [-0.2, 0) is 6.54 Å². The third-order valence-electron chi connectivity index (χ3n) is 4.16. The second kappa shape index (κ2) is 8.51. The molecule has 0 saturated carbocycles. The lowest BCUT2D eigenvalue weighted by Gasteiger charge is -2.23. The van der Waals surface area contributed by atoms with Gasteiger partial charge in [-0.2, -0.15) is 0 Å². The predicted molar refractivity (Wildman–Crippen MR) is 102 cm³/mol. The largest absolute Gasteiger partial charge is 0.331 e. The molecule has 2 amide bonds. The zero-order valence-corrected chi connectivity index (χ0v) is 15.4. The van der Waals surface area contributed by atoms with E-state index in [1.165, 1.54) is 6.07 Å². The molecule has 0 bridgehead atoms. The van der Waals surface area contributed by atoms with Crippen LogP contribution in [0.25, 0.3) is 0 Å². The first-order chi connectivity index (χ1) is 11.9. The lowest BCUT2D eigenvalue weighted by atomic mass is 9.94. The average Bonchev–Trinajstić information content (AvgIpc) is 2.56. The van der Waals surface area contributed by atoms with Crippen molar-refractivity contribution in [1.29, 1.82) is 0 Å². The zero-order chi connectivity index (χ0) is 18.4. The van der Waals surface area contributed by atoms with E-state index in [-0.39, 0.29) is 17.6 Å². The van der Waals surface area contributed by atoms with Crippen LogP contribution in [0.15, 0.2) is 47.4 Å². The Morgan fingerprint density at radius 3 is 2.52 bits per heavy atom. The first-order valence-corrected chi connectivity index (χ1v) is 8.74. The van der Waals surface area contributed by atoms with Crippen LogP contribution in [-0.4, -0.2) is 10.6 Å². The van der Waals surface area contributed by atoms with Gasteiger partial charge in [-0.3, -0.25) is 4.79 Å². The predicted octanol–water partition coefficient (Wildman–Crippen LogP) is 4.09. The highest BCUT2D eigenvalue weighted by molar-refractivity contribution is 5.89. The molecule has 0 fully saturated rings. The number of hydrogen-bond donors (Lipinski definition) is 2. The van der Waals surface area contributed by atoms with E-state index >= 15 is 0 Å². The van der Waals surface area contributed by atoms with Gasteiger partial charge in [0.05, 0.1) is 11.7 Å². The fourth-order valence-corrected chi connectivity index (χ4v) is 2.89. The molecular formula is C20H27N3O2. The number of pyridine rings is 1. The first-order valence-electron chi connectivity index (χ1n) is 8.74. The number of nitrogens with one attached hydrogen (secondary N) is 2. The maximum Gasteiger partial charge on any atom is 0.319 e. The average molecular weight is 341 g/mol. The van der Waals surface area contributed by atoms with Crippen LogP contribution in [0.2, 0.25) is 0 Å². The Balaban J connectivity index is 2.14. The van der Waals surface area contributed by atoms with Crippen molar-refractivity contribution in [3.8, 4) is 0 Å². The number of carbonyl (C=O) groups excluding carboxylic acids is 1. The van der Waals surface area contributed by atoms with Gasteiger partial charge in [0.25, 0.3) is 5.56 Å². The lowest BCUT2D eigenvalue weighted by Crippen LogP contribution is -2.34. The molecule has 0 radical (unpaired) electrons. The standard InChI is InChI=1S/C20H27N3O2/c1-5-23-13-16(10-11-19(23)24)21-20(25)22-18(12-14(2)3)17-9-7-6-8-15(17)4/h6-11,13-14,18H,5,12H2,1-4H3,(H2,21,22,25). The van der Waals surface area contributed by atoms with E-state index in [0.29, 0.717) is 18.2 Å². The first kappa shape index (κ1) is 18.8. The van der Waals surface area contributed by atoms with E-state index < -0.39 is 0 Å². The van der Waals surface area contributed by atoms with Crippen molar-refractivity contribution in [2.24, 2.45) is 5.92 Å². The van der Waals surface area contributed by atoms with Crippen molar-refractivity contribution in [1.82, 2.24) is 9.88 Å². The Morgan fingerprint density at radius 2 is 1.88 bits per heavy atom. The number of nitrogens with zero attached hydrogens (tertiary/aromatic N) is 1. The van der Waals surface area contributed by atoms with Gasteiger partial charge < -0.3 is 15.2 Å². The molecule has 2 rings (SSSR count). The normalized spacial score (nSPS) is 12.0. The van der Waals surface area contributed by atoms with Crippen LogP contribution in [0.3, 0.4) is 0 Å². The zero-order valence-electron chi connectivity index (χ0n) is 15.4. The molecule has 1 aromatic heterocycles. The molecule has 1 heterocycles. The molecule has 0 saturated heterocycles. The summed E-state index contributed by atoms with van der Waals surface area (Å²) in [7, 11) is 0. The smallest absolute Gasteiger partial charge is 0.319 e. The number of aromatic nitrogens is 1. The maximum atomic E-state index is 12.5. The lowest BCUT2D eigenvalue weighted by molar-refractivity contribution is 0.246. The van der Waals surface area contributed by atoms with Gasteiger partial charge in [-0.25, -0.2) is 4.79 Å². The number of aryl methyl sites for hydroxylation is 2. The Hall–Kier alpha value is -2.56. The number of amides is 2. The van der Waals surface area contributed by atoms with Crippen LogP contribution in [0.5, 0.6) is 0 Å². The molecule has 1 aromatic carbocycles. The summed E-state index contributed by atoms with van der Waals surface area (Å²) < 4.78 is 1.56. The molecule has 0 spiro atoms. The summed E-state index contributed by atoms with van der Waals surface area (Å²) in [4.78, 5) is 24.1. The minimum absolute atomic E-state index is 0.0571. The van der Waals surface area contributed by atoms with Crippen molar-refractivity contribution in [3.63, 3.8) is 0 Å². The second-order valence-corrected chi connectivity index (χ2v) is 6.68. The Bertz CT molecular complexity index is 781. The number of hydrogen-bond acceptors (Lipinski definition) is 2. The van der Waals surface area contributed by atoms with E-state index in [1.807, 2.05) is 19.1 Å². The molecule has 134 valence electrons. The molecule has 0 aliphatic carbocycles. The SMILES string of the molecule is CCn1cc(NC(=O)NC(CC(C)C)c2ccccc2C)ccc1=O. The van der Waals surface area contributed by atoms with Gasteiger partial charge in [0.1, 0.15) is 0 Å². The van der Waals surface area contributed by atoms with Gasteiger partial charge >= 0.3 is 6.03 Å². The molecule has 25 heavy (non-hydrogen) atoms. The van der Waals surface area contributed by atoms with Crippen molar-refractivity contribution >= 4 is 11.7 Å². The van der Waals surface area contributed by atoms with Crippen molar-refractivity contribution < 1.29 is 4.79 Å². The van der Waals surface area contributed by atoms with Gasteiger partial charge in [0.2, 0.25) is 0 Å². The van der Waals surface area contributed by atoms with Crippen LogP contribution in [0.4, 0.5) is 10.5 Å². The van der Waals surface area contributed by atoms with Gasteiger partial charge in [0, 0.05) is 18.8 Å². The molecule has 2 N–H and O–H groups in total. The minimum atomic E-state index is -0.268. The summed E-state index contributed by atoms with van der Waals surface area (Å²) in [6, 6.07) is 10.9. The monoisotopic (exact) mass is 341 g/mol. The molecule has 5 nitrogen and oxygen atoms in total. The van der Waals surface area contributed by atoms with Crippen molar-refractivity contribution in [2.45, 2.75) is 46.7 Å². The van der Waals surface area contributed by atoms with E-state index in [1.54, 1.807) is 16.8 Å². The third-order valence-corrected chi connectivity index (χ3v) is 4.16. The fraction of sp³-hybridized carbons (Fsp3) is 0.400. The van der Waals surface area contributed by atoms with Gasteiger partial charge in [-0.15, -0.1) is 0 Å². The van der Waals surface area contributed by atoms with Crippen LogP contribution >= 0.6 is 0 Å². The summed E-state index contributed by atoms with van der Waals surface area (Å²) in [6.07, 6.45) is 2.51. The van der Waals surface area contributed by atoms with Crippen LogP contribution in [0, 0.1) is 12.8 Å². The number of benzene rings is 1. The quantitative estimate of drug-likeness (QED) is 0.831. The van der Waals surface area contributed by atoms with E-state index in [0.717, 1.165) is 17.5 Å². The minimum Gasteiger partial charge on any atom is -0.331 e. The van der Waals surface area contributed by atoms with Gasteiger partial charge in [0.15, 0.2) is 0 Å². The Morgan fingerprint density at radius 1 is 1.16 bits per heavy atom. The topological polar surface area (TPSA) is 63.1 Å². The number of rotatable bonds is 6. The highest BCUT2D eigenvalue weighted by Crippen LogP contribution is 2.24. The second-order valence-electron chi connectivity index (χ2n) is 6.68. The molecular weight excluding hydrogens is 314 g/mol.